The summed E-state index contributed by atoms with van der Waals surface area (Å²) in [6.07, 6.45) is 5.01. The Labute approximate surface area is 117 Å². The van der Waals surface area contributed by atoms with Crippen LogP contribution in [0.4, 0.5) is 0 Å². The van der Waals surface area contributed by atoms with Crippen LogP contribution in [0.1, 0.15) is 31.7 Å². The Hall–Kier alpha value is -1.35. The predicted molar refractivity (Wildman–Crippen MR) is 79.6 cm³/mol. The van der Waals surface area contributed by atoms with Crippen LogP contribution < -0.4 is 0 Å². The summed E-state index contributed by atoms with van der Waals surface area (Å²) in [5.74, 6) is 0.307. The molecule has 1 aliphatic carbocycles. The maximum Gasteiger partial charge on any atom is 0.146 e. The van der Waals surface area contributed by atoms with E-state index in [2.05, 4.69) is 30.1 Å². The minimum absolute atomic E-state index is 0.183. The SMILES string of the molecule is CC(=O)C1(Sc2ccnc3ccc(C)cc23)CCC1. The van der Waals surface area contributed by atoms with Crippen molar-refractivity contribution in [3.63, 3.8) is 0 Å². The fourth-order valence-electron chi connectivity index (χ4n) is 2.56. The maximum atomic E-state index is 11.9. The maximum absolute atomic E-state index is 11.9. The third kappa shape index (κ3) is 2.16. The molecule has 1 aromatic heterocycles. The smallest absolute Gasteiger partial charge is 0.146 e. The molecule has 3 heteroatoms. The van der Waals surface area contributed by atoms with Gasteiger partial charge in [0.1, 0.15) is 5.78 Å². The van der Waals surface area contributed by atoms with Gasteiger partial charge in [0.2, 0.25) is 0 Å². The predicted octanol–water partition coefficient (Wildman–Crippen LogP) is 4.15. The Morgan fingerprint density at radius 2 is 2.11 bits per heavy atom. The Morgan fingerprint density at radius 1 is 1.32 bits per heavy atom. The molecule has 98 valence electrons. The van der Waals surface area contributed by atoms with E-state index in [1.807, 2.05) is 12.3 Å². The van der Waals surface area contributed by atoms with Gasteiger partial charge >= 0.3 is 0 Å². The van der Waals surface area contributed by atoms with Gasteiger partial charge in [0.05, 0.1) is 10.3 Å². The molecule has 0 unspecified atom stereocenters. The molecule has 0 amide bonds. The molecular formula is C16H17NOS. The van der Waals surface area contributed by atoms with Crippen LogP contribution >= 0.6 is 11.8 Å². The van der Waals surface area contributed by atoms with Gasteiger partial charge in [0, 0.05) is 16.5 Å². The molecule has 2 aromatic rings. The second-order valence-corrected chi connectivity index (χ2v) is 6.76. The molecule has 0 saturated heterocycles. The fraction of sp³-hybridized carbons (Fsp3) is 0.375. The van der Waals surface area contributed by atoms with Gasteiger partial charge in [-0.1, -0.05) is 11.6 Å². The van der Waals surface area contributed by atoms with E-state index in [1.165, 1.54) is 15.8 Å². The second-order valence-electron chi connectivity index (χ2n) is 5.34. The molecule has 2 nitrogen and oxygen atoms in total. The van der Waals surface area contributed by atoms with Gasteiger partial charge in [-0.2, -0.15) is 0 Å². The number of thioether (sulfide) groups is 1. The highest BCUT2D eigenvalue weighted by molar-refractivity contribution is 8.01. The summed E-state index contributed by atoms with van der Waals surface area (Å²) < 4.78 is -0.183. The molecule has 0 atom stereocenters. The number of fused-ring (bicyclic) bond motifs is 1. The first-order valence-corrected chi connectivity index (χ1v) is 7.48. The van der Waals surface area contributed by atoms with Crippen molar-refractivity contribution >= 4 is 28.4 Å². The van der Waals surface area contributed by atoms with Crippen molar-refractivity contribution in [2.45, 2.75) is 42.8 Å². The van der Waals surface area contributed by atoms with E-state index in [0.717, 1.165) is 24.8 Å². The van der Waals surface area contributed by atoms with Gasteiger partial charge in [0.15, 0.2) is 0 Å². The van der Waals surface area contributed by atoms with Crippen LogP contribution in [0.15, 0.2) is 35.4 Å². The van der Waals surface area contributed by atoms with E-state index in [9.17, 15) is 4.79 Å². The van der Waals surface area contributed by atoms with Crippen molar-refractivity contribution in [1.82, 2.24) is 4.98 Å². The number of nitrogens with zero attached hydrogens (tertiary/aromatic N) is 1. The second kappa shape index (κ2) is 4.64. The van der Waals surface area contributed by atoms with Crippen molar-refractivity contribution in [1.29, 1.82) is 0 Å². The lowest BCUT2D eigenvalue weighted by molar-refractivity contribution is -0.121. The number of Topliss-reactive ketones (excluding diaryl/α,β-unsaturated/α-hetero) is 1. The number of aryl methyl sites for hydroxylation is 1. The average Bonchev–Trinajstić information content (AvgIpc) is 2.33. The van der Waals surface area contributed by atoms with E-state index in [1.54, 1.807) is 18.7 Å². The topological polar surface area (TPSA) is 30.0 Å². The summed E-state index contributed by atoms with van der Waals surface area (Å²) in [4.78, 5) is 17.5. The standard InChI is InChI=1S/C16H17NOS/c1-11-4-5-14-13(10-11)15(6-9-17-14)19-16(12(2)18)7-3-8-16/h4-6,9-10H,3,7-8H2,1-2H3. The van der Waals surface area contributed by atoms with Crippen LogP contribution in [0, 0.1) is 6.92 Å². The van der Waals surface area contributed by atoms with Crippen LogP contribution in [0.3, 0.4) is 0 Å². The highest BCUT2D eigenvalue weighted by Crippen LogP contribution is 2.49. The number of hydrogen-bond donors (Lipinski definition) is 0. The number of hydrogen-bond acceptors (Lipinski definition) is 3. The zero-order valence-corrected chi connectivity index (χ0v) is 12.1. The molecule has 1 saturated carbocycles. The summed E-state index contributed by atoms with van der Waals surface area (Å²) >= 11 is 1.73. The summed E-state index contributed by atoms with van der Waals surface area (Å²) in [5.41, 5.74) is 2.24. The zero-order chi connectivity index (χ0) is 13.5. The Morgan fingerprint density at radius 3 is 2.74 bits per heavy atom. The van der Waals surface area contributed by atoms with Crippen LogP contribution in [0.5, 0.6) is 0 Å². The number of benzene rings is 1. The van der Waals surface area contributed by atoms with Gasteiger partial charge in [-0.15, -0.1) is 11.8 Å². The summed E-state index contributed by atoms with van der Waals surface area (Å²) in [6.45, 7) is 3.81. The van der Waals surface area contributed by atoms with Gasteiger partial charge < -0.3 is 0 Å². The molecule has 1 aromatic carbocycles. The summed E-state index contributed by atoms with van der Waals surface area (Å²) in [6, 6.07) is 8.33. The lowest BCUT2D eigenvalue weighted by atomic mass is 9.81. The molecule has 3 rings (SSSR count). The van der Waals surface area contributed by atoms with E-state index in [-0.39, 0.29) is 4.75 Å². The van der Waals surface area contributed by atoms with Gasteiger partial charge in [0.25, 0.3) is 0 Å². The molecule has 0 radical (unpaired) electrons. The average molecular weight is 271 g/mol. The molecular weight excluding hydrogens is 254 g/mol. The summed E-state index contributed by atoms with van der Waals surface area (Å²) in [5, 5.41) is 1.17. The van der Waals surface area contributed by atoms with Crippen molar-refractivity contribution < 1.29 is 4.79 Å². The van der Waals surface area contributed by atoms with Crippen molar-refractivity contribution in [2.24, 2.45) is 0 Å². The number of aromatic nitrogens is 1. The Kier molecular flexibility index (Phi) is 3.09. The molecule has 0 N–H and O–H groups in total. The van der Waals surface area contributed by atoms with E-state index in [4.69, 9.17) is 0 Å². The Bertz CT molecular complexity index is 646. The van der Waals surface area contributed by atoms with Crippen LogP contribution in [-0.2, 0) is 4.79 Å². The van der Waals surface area contributed by atoms with Crippen LogP contribution in [0.2, 0.25) is 0 Å². The van der Waals surface area contributed by atoms with Crippen LogP contribution in [0.25, 0.3) is 10.9 Å². The third-order valence-corrected chi connectivity index (χ3v) is 5.63. The normalized spacial score (nSPS) is 17.2. The molecule has 0 spiro atoms. The van der Waals surface area contributed by atoms with Gasteiger partial charge in [-0.05, 0) is 51.3 Å². The molecule has 19 heavy (non-hydrogen) atoms. The minimum Gasteiger partial charge on any atom is -0.298 e. The number of pyridine rings is 1. The fourth-order valence-corrected chi connectivity index (χ4v) is 4.02. The van der Waals surface area contributed by atoms with E-state index in [0.29, 0.717) is 5.78 Å². The highest BCUT2D eigenvalue weighted by Gasteiger charge is 2.42. The zero-order valence-electron chi connectivity index (χ0n) is 11.3. The van der Waals surface area contributed by atoms with E-state index >= 15 is 0 Å². The number of carbonyl (C=O) groups excluding carboxylic acids is 1. The van der Waals surface area contributed by atoms with Crippen molar-refractivity contribution in [2.75, 3.05) is 0 Å². The molecule has 1 fully saturated rings. The third-order valence-electron chi connectivity index (χ3n) is 3.97. The molecule has 0 aliphatic heterocycles. The van der Waals surface area contributed by atoms with E-state index < -0.39 is 0 Å². The molecule has 0 bridgehead atoms. The first-order chi connectivity index (χ1) is 9.11. The lowest BCUT2D eigenvalue weighted by Crippen LogP contribution is -2.40. The Balaban J connectivity index is 2.05. The minimum atomic E-state index is -0.183. The van der Waals surface area contributed by atoms with Gasteiger partial charge in [-0.25, -0.2) is 0 Å². The highest BCUT2D eigenvalue weighted by atomic mass is 32.2. The van der Waals surface area contributed by atoms with Crippen molar-refractivity contribution in [3.8, 4) is 0 Å². The number of carbonyl (C=O) groups is 1. The monoisotopic (exact) mass is 271 g/mol. The summed E-state index contributed by atoms with van der Waals surface area (Å²) in [7, 11) is 0. The van der Waals surface area contributed by atoms with Crippen LogP contribution in [-0.4, -0.2) is 15.5 Å². The molecule has 1 aliphatic rings. The number of ketones is 1. The van der Waals surface area contributed by atoms with Gasteiger partial charge in [-0.3, -0.25) is 9.78 Å². The quantitative estimate of drug-likeness (QED) is 0.840. The largest absolute Gasteiger partial charge is 0.298 e. The van der Waals surface area contributed by atoms with Crippen molar-refractivity contribution in [3.05, 3.63) is 36.0 Å². The molecule has 1 heterocycles. The first kappa shape index (κ1) is 12.7. The first-order valence-electron chi connectivity index (χ1n) is 6.66. The lowest BCUT2D eigenvalue weighted by Gasteiger charge is -2.39. The number of rotatable bonds is 3.